The SMILES string of the molecule is CCCNc1ccc(C(=O)N(CCO)C(CC)CC)cn1. The topological polar surface area (TPSA) is 65.5 Å². The third kappa shape index (κ3) is 5.01. The van der Waals surface area contributed by atoms with Crippen molar-refractivity contribution in [1.82, 2.24) is 9.88 Å². The number of hydrogen-bond acceptors (Lipinski definition) is 4. The van der Waals surface area contributed by atoms with Crippen LogP contribution in [-0.2, 0) is 0 Å². The minimum atomic E-state index is -0.0627. The van der Waals surface area contributed by atoms with E-state index < -0.39 is 0 Å². The number of amides is 1. The second-order valence-electron chi connectivity index (χ2n) is 5.05. The van der Waals surface area contributed by atoms with Crippen molar-refractivity contribution in [3.8, 4) is 0 Å². The van der Waals surface area contributed by atoms with Crippen molar-refractivity contribution in [1.29, 1.82) is 0 Å². The number of nitrogens with one attached hydrogen (secondary N) is 1. The highest BCUT2D eigenvalue weighted by molar-refractivity contribution is 5.94. The van der Waals surface area contributed by atoms with Crippen LogP contribution in [0.25, 0.3) is 0 Å². The zero-order valence-corrected chi connectivity index (χ0v) is 13.3. The minimum absolute atomic E-state index is 0.0220. The number of aromatic nitrogens is 1. The Morgan fingerprint density at radius 3 is 2.52 bits per heavy atom. The summed E-state index contributed by atoms with van der Waals surface area (Å²) in [7, 11) is 0. The molecule has 1 aromatic heterocycles. The van der Waals surface area contributed by atoms with E-state index in [4.69, 9.17) is 0 Å². The zero-order valence-electron chi connectivity index (χ0n) is 13.3. The summed E-state index contributed by atoms with van der Waals surface area (Å²) in [6.07, 6.45) is 4.39. The Balaban J connectivity index is 2.83. The Morgan fingerprint density at radius 2 is 2.05 bits per heavy atom. The van der Waals surface area contributed by atoms with E-state index in [0.29, 0.717) is 12.1 Å². The average Bonchev–Trinajstić information content (AvgIpc) is 2.53. The molecule has 1 heterocycles. The standard InChI is InChI=1S/C16H27N3O2/c1-4-9-17-15-8-7-13(12-18-15)16(21)19(10-11-20)14(5-2)6-3/h7-8,12,14,20H,4-6,9-11H2,1-3H3,(H,17,18). The van der Waals surface area contributed by atoms with Gasteiger partial charge in [0, 0.05) is 25.3 Å². The molecule has 0 aliphatic rings. The molecule has 0 saturated heterocycles. The molecule has 0 aliphatic heterocycles. The van der Waals surface area contributed by atoms with Crippen molar-refractivity contribution in [2.75, 3.05) is 25.0 Å². The third-order valence-electron chi connectivity index (χ3n) is 3.55. The zero-order chi connectivity index (χ0) is 15.7. The van der Waals surface area contributed by atoms with Crippen molar-refractivity contribution in [3.05, 3.63) is 23.9 Å². The summed E-state index contributed by atoms with van der Waals surface area (Å²) in [6.45, 7) is 7.41. The molecule has 118 valence electrons. The molecule has 21 heavy (non-hydrogen) atoms. The molecule has 2 N–H and O–H groups in total. The molecular formula is C16H27N3O2. The number of anilines is 1. The molecule has 1 amide bonds. The van der Waals surface area contributed by atoms with E-state index in [1.54, 1.807) is 17.2 Å². The van der Waals surface area contributed by atoms with Crippen LogP contribution >= 0.6 is 0 Å². The van der Waals surface area contributed by atoms with Gasteiger partial charge in [0.25, 0.3) is 5.91 Å². The Labute approximate surface area is 127 Å². The second kappa shape index (κ2) is 9.34. The number of hydrogen-bond donors (Lipinski definition) is 2. The molecule has 0 atom stereocenters. The normalized spacial score (nSPS) is 10.7. The molecule has 0 aliphatic carbocycles. The largest absolute Gasteiger partial charge is 0.395 e. The van der Waals surface area contributed by atoms with E-state index in [0.717, 1.165) is 31.6 Å². The molecule has 0 radical (unpaired) electrons. The van der Waals surface area contributed by atoms with Crippen molar-refractivity contribution in [3.63, 3.8) is 0 Å². The lowest BCUT2D eigenvalue weighted by molar-refractivity contribution is 0.0622. The first-order chi connectivity index (χ1) is 10.2. The molecule has 0 unspecified atom stereocenters. The molecule has 5 nitrogen and oxygen atoms in total. The first-order valence-electron chi connectivity index (χ1n) is 7.79. The van der Waals surface area contributed by atoms with Crippen molar-refractivity contribution in [2.24, 2.45) is 0 Å². The van der Waals surface area contributed by atoms with Crippen LogP contribution in [0.5, 0.6) is 0 Å². The van der Waals surface area contributed by atoms with Gasteiger partial charge in [-0.15, -0.1) is 0 Å². The lowest BCUT2D eigenvalue weighted by Crippen LogP contribution is -2.41. The van der Waals surface area contributed by atoms with Gasteiger partial charge in [0.1, 0.15) is 5.82 Å². The summed E-state index contributed by atoms with van der Waals surface area (Å²) in [6, 6.07) is 3.77. The number of pyridine rings is 1. The van der Waals surface area contributed by atoms with Gasteiger partial charge in [-0.3, -0.25) is 4.79 Å². The van der Waals surface area contributed by atoms with Crippen LogP contribution in [0.15, 0.2) is 18.3 Å². The quantitative estimate of drug-likeness (QED) is 0.734. The Hall–Kier alpha value is -1.62. The highest BCUT2D eigenvalue weighted by Crippen LogP contribution is 2.14. The first-order valence-corrected chi connectivity index (χ1v) is 7.79. The van der Waals surface area contributed by atoms with E-state index in [1.165, 1.54) is 0 Å². The van der Waals surface area contributed by atoms with Crippen LogP contribution in [0.1, 0.15) is 50.4 Å². The molecule has 5 heteroatoms. The average molecular weight is 293 g/mol. The van der Waals surface area contributed by atoms with Gasteiger partial charge in [-0.25, -0.2) is 4.98 Å². The first kappa shape index (κ1) is 17.4. The number of rotatable bonds is 9. The van der Waals surface area contributed by atoms with Crippen molar-refractivity contribution >= 4 is 11.7 Å². The van der Waals surface area contributed by atoms with Crippen LogP contribution in [0.2, 0.25) is 0 Å². The summed E-state index contributed by atoms with van der Waals surface area (Å²) in [5, 5.41) is 12.4. The summed E-state index contributed by atoms with van der Waals surface area (Å²) < 4.78 is 0. The number of nitrogens with zero attached hydrogens (tertiary/aromatic N) is 2. The van der Waals surface area contributed by atoms with Gasteiger partial charge in [-0.1, -0.05) is 20.8 Å². The highest BCUT2D eigenvalue weighted by atomic mass is 16.3. The smallest absolute Gasteiger partial charge is 0.255 e. The van der Waals surface area contributed by atoms with Crippen LogP contribution in [0.4, 0.5) is 5.82 Å². The van der Waals surface area contributed by atoms with E-state index >= 15 is 0 Å². The van der Waals surface area contributed by atoms with Crippen molar-refractivity contribution in [2.45, 2.75) is 46.1 Å². The molecule has 0 fully saturated rings. The molecular weight excluding hydrogens is 266 g/mol. The monoisotopic (exact) mass is 293 g/mol. The van der Waals surface area contributed by atoms with E-state index in [1.807, 2.05) is 6.07 Å². The van der Waals surface area contributed by atoms with Gasteiger partial charge in [0.2, 0.25) is 0 Å². The third-order valence-corrected chi connectivity index (χ3v) is 3.55. The highest BCUT2D eigenvalue weighted by Gasteiger charge is 2.22. The second-order valence-corrected chi connectivity index (χ2v) is 5.05. The predicted octanol–water partition coefficient (Wildman–Crippen LogP) is 2.53. The fraction of sp³-hybridized carbons (Fsp3) is 0.625. The molecule has 0 spiro atoms. The van der Waals surface area contributed by atoms with Gasteiger partial charge in [0.15, 0.2) is 0 Å². The molecule has 0 saturated carbocycles. The van der Waals surface area contributed by atoms with Gasteiger partial charge in [-0.05, 0) is 31.4 Å². The fourth-order valence-corrected chi connectivity index (χ4v) is 2.33. The summed E-state index contributed by atoms with van der Waals surface area (Å²) in [5.74, 6) is 0.719. The number of aliphatic hydroxyl groups is 1. The number of carbonyl (C=O) groups excluding carboxylic acids is 1. The Kier molecular flexibility index (Phi) is 7.75. The van der Waals surface area contributed by atoms with Crippen LogP contribution in [0, 0.1) is 0 Å². The van der Waals surface area contributed by atoms with E-state index in [-0.39, 0.29) is 18.6 Å². The maximum atomic E-state index is 12.6. The maximum Gasteiger partial charge on any atom is 0.255 e. The van der Waals surface area contributed by atoms with Crippen molar-refractivity contribution < 1.29 is 9.90 Å². The molecule has 0 aromatic carbocycles. The maximum absolute atomic E-state index is 12.6. The van der Waals surface area contributed by atoms with Gasteiger partial charge in [-0.2, -0.15) is 0 Å². The van der Waals surface area contributed by atoms with Crippen LogP contribution in [0.3, 0.4) is 0 Å². The molecule has 1 rings (SSSR count). The lowest BCUT2D eigenvalue weighted by atomic mass is 10.1. The fourth-order valence-electron chi connectivity index (χ4n) is 2.33. The van der Waals surface area contributed by atoms with Crippen LogP contribution < -0.4 is 5.32 Å². The number of carbonyl (C=O) groups is 1. The van der Waals surface area contributed by atoms with E-state index in [9.17, 15) is 9.90 Å². The van der Waals surface area contributed by atoms with Gasteiger partial charge in [0.05, 0.1) is 12.2 Å². The lowest BCUT2D eigenvalue weighted by Gasteiger charge is -2.30. The van der Waals surface area contributed by atoms with E-state index in [2.05, 4.69) is 31.1 Å². The summed E-state index contributed by atoms with van der Waals surface area (Å²) in [5.41, 5.74) is 0.567. The summed E-state index contributed by atoms with van der Waals surface area (Å²) in [4.78, 5) is 18.6. The number of aliphatic hydroxyl groups excluding tert-OH is 1. The molecule has 1 aromatic rings. The Morgan fingerprint density at radius 1 is 1.33 bits per heavy atom. The van der Waals surface area contributed by atoms with Gasteiger partial charge >= 0.3 is 0 Å². The Bertz CT molecular complexity index is 416. The summed E-state index contributed by atoms with van der Waals surface area (Å²) >= 11 is 0. The minimum Gasteiger partial charge on any atom is -0.395 e. The van der Waals surface area contributed by atoms with Gasteiger partial charge < -0.3 is 15.3 Å². The van der Waals surface area contributed by atoms with Crippen LogP contribution in [-0.4, -0.2) is 46.6 Å². The molecule has 0 bridgehead atoms. The predicted molar refractivity (Wildman–Crippen MR) is 85.5 cm³/mol.